The van der Waals surface area contributed by atoms with Crippen molar-refractivity contribution in [2.75, 3.05) is 0 Å². The van der Waals surface area contributed by atoms with E-state index in [0.717, 1.165) is 5.56 Å². The molecular formula is C22H16Cl2N4O4. The molecule has 2 aromatic heterocycles. The van der Waals surface area contributed by atoms with Crippen LogP contribution in [-0.2, 0) is 13.0 Å². The lowest BCUT2D eigenvalue weighted by Crippen LogP contribution is -2.23. The van der Waals surface area contributed by atoms with Gasteiger partial charge in [-0.3, -0.25) is 4.79 Å². The van der Waals surface area contributed by atoms with Crippen LogP contribution in [0.15, 0.2) is 65.3 Å². The van der Waals surface area contributed by atoms with Gasteiger partial charge in [0, 0.05) is 25.2 Å². The van der Waals surface area contributed by atoms with Gasteiger partial charge in [-0.15, -0.1) is 0 Å². The molecule has 1 amide bonds. The number of nitrogens with zero attached hydrogens (tertiary/aromatic N) is 3. The van der Waals surface area contributed by atoms with Gasteiger partial charge in [-0.05, 0) is 41.5 Å². The van der Waals surface area contributed by atoms with Crippen LogP contribution in [0.1, 0.15) is 27.6 Å². The van der Waals surface area contributed by atoms with Crippen molar-refractivity contribution >= 4 is 29.1 Å². The third-order valence-electron chi connectivity index (χ3n) is 4.34. The quantitative estimate of drug-likeness (QED) is 0.399. The Labute approximate surface area is 192 Å². The molecule has 0 saturated carbocycles. The van der Waals surface area contributed by atoms with Gasteiger partial charge in [-0.25, -0.2) is 4.98 Å². The fourth-order valence-corrected chi connectivity index (χ4v) is 3.31. The number of hydrogen-bond acceptors (Lipinski definition) is 7. The predicted molar refractivity (Wildman–Crippen MR) is 117 cm³/mol. The average Bonchev–Trinajstić information content (AvgIpc) is 3.26. The molecule has 0 bridgehead atoms. The highest BCUT2D eigenvalue weighted by atomic mass is 35.5. The zero-order valence-corrected chi connectivity index (χ0v) is 18.0. The first-order chi connectivity index (χ1) is 15.5. The number of hydrogen-bond donors (Lipinski definition) is 2. The molecule has 0 atom stereocenters. The van der Waals surface area contributed by atoms with Crippen molar-refractivity contribution in [1.29, 1.82) is 0 Å². The molecule has 0 aliphatic heterocycles. The Bertz CT molecular complexity index is 1210. The van der Waals surface area contributed by atoms with Crippen LogP contribution in [0.5, 0.6) is 17.4 Å². The number of ether oxygens (including phenoxy) is 1. The molecule has 2 N–H and O–H groups in total. The second-order valence-electron chi connectivity index (χ2n) is 6.70. The number of carbonyl (C=O) groups is 1. The highest BCUT2D eigenvalue weighted by Crippen LogP contribution is 2.33. The summed E-state index contributed by atoms with van der Waals surface area (Å²) in [5, 5.41) is 16.4. The van der Waals surface area contributed by atoms with Crippen molar-refractivity contribution in [3.05, 3.63) is 93.7 Å². The minimum atomic E-state index is -0.501. The zero-order valence-electron chi connectivity index (χ0n) is 16.5. The van der Waals surface area contributed by atoms with Crippen LogP contribution in [0, 0.1) is 0 Å². The molecule has 0 aliphatic rings. The third kappa shape index (κ3) is 5.35. The second-order valence-corrected chi connectivity index (χ2v) is 7.51. The van der Waals surface area contributed by atoms with Gasteiger partial charge in [-0.2, -0.15) is 4.98 Å². The van der Waals surface area contributed by atoms with E-state index in [1.54, 1.807) is 36.5 Å². The molecule has 8 nitrogen and oxygen atoms in total. The molecule has 0 radical (unpaired) electrons. The summed E-state index contributed by atoms with van der Waals surface area (Å²) in [6, 6.07) is 15.7. The first kappa shape index (κ1) is 21.6. The van der Waals surface area contributed by atoms with E-state index in [9.17, 15) is 9.90 Å². The zero-order chi connectivity index (χ0) is 22.5. The molecule has 4 rings (SSSR count). The number of aromatic hydroxyl groups is 1. The lowest BCUT2D eigenvalue weighted by atomic mass is 10.1. The summed E-state index contributed by atoms with van der Waals surface area (Å²) < 4.78 is 10.7. The summed E-state index contributed by atoms with van der Waals surface area (Å²) in [6.07, 6.45) is 1.88. The van der Waals surface area contributed by atoms with E-state index in [4.69, 9.17) is 32.5 Å². The van der Waals surface area contributed by atoms with Gasteiger partial charge in [0.15, 0.2) is 11.6 Å². The van der Waals surface area contributed by atoms with Crippen LogP contribution in [0.3, 0.4) is 0 Å². The lowest BCUT2D eigenvalue weighted by molar-refractivity contribution is 0.0907. The number of phenolic OH excluding ortho intramolecular Hbond substituents is 1. The van der Waals surface area contributed by atoms with E-state index in [2.05, 4.69) is 20.4 Å². The molecule has 0 aliphatic carbocycles. The minimum absolute atomic E-state index is 0.116. The first-order valence-electron chi connectivity index (χ1n) is 9.43. The summed E-state index contributed by atoms with van der Waals surface area (Å²) in [5.74, 6) is 0.559. The number of nitrogens with one attached hydrogen (secondary N) is 1. The molecule has 2 heterocycles. The van der Waals surface area contributed by atoms with Crippen molar-refractivity contribution in [1.82, 2.24) is 20.4 Å². The van der Waals surface area contributed by atoms with E-state index in [1.165, 1.54) is 0 Å². The summed E-state index contributed by atoms with van der Waals surface area (Å²) in [6.45, 7) is 0.267. The van der Waals surface area contributed by atoms with Crippen LogP contribution in [0.25, 0.3) is 0 Å². The number of rotatable bonds is 7. The Morgan fingerprint density at radius 1 is 1.06 bits per heavy atom. The minimum Gasteiger partial charge on any atom is -0.505 e. The monoisotopic (exact) mass is 470 g/mol. The molecular weight excluding hydrogens is 455 g/mol. The van der Waals surface area contributed by atoms with Crippen LogP contribution < -0.4 is 10.1 Å². The van der Waals surface area contributed by atoms with Gasteiger partial charge in [0.2, 0.25) is 5.88 Å². The number of phenols is 1. The Morgan fingerprint density at radius 3 is 2.50 bits per heavy atom. The molecule has 32 heavy (non-hydrogen) atoms. The molecule has 0 saturated heterocycles. The highest BCUT2D eigenvalue weighted by molar-refractivity contribution is 6.37. The van der Waals surface area contributed by atoms with Crippen molar-refractivity contribution in [2.45, 2.75) is 13.0 Å². The number of carbonyl (C=O) groups excluding carboxylic acids is 1. The standard InChI is InChI=1S/C22H16Cl2N4O4/c23-16-9-14(10-17(24)20(16)29)11-18-27-22(32-28-18)21(30)26-12-13-4-6-15(7-5-13)31-19-3-1-2-8-25-19/h1-10,29H,11-12H2,(H,26,30). The van der Waals surface area contributed by atoms with Crippen molar-refractivity contribution in [3.8, 4) is 17.4 Å². The number of benzene rings is 2. The lowest BCUT2D eigenvalue weighted by Gasteiger charge is -2.06. The van der Waals surface area contributed by atoms with Gasteiger partial charge in [0.05, 0.1) is 10.0 Å². The van der Waals surface area contributed by atoms with Crippen molar-refractivity contribution < 1.29 is 19.2 Å². The first-order valence-corrected chi connectivity index (χ1v) is 10.2. The maximum atomic E-state index is 12.3. The maximum absolute atomic E-state index is 12.3. The van der Waals surface area contributed by atoms with Gasteiger partial charge >= 0.3 is 11.8 Å². The Hall–Kier alpha value is -3.62. The maximum Gasteiger partial charge on any atom is 0.315 e. The fraction of sp³-hybridized carbons (Fsp3) is 0.0909. The van der Waals surface area contributed by atoms with Crippen molar-refractivity contribution in [2.24, 2.45) is 0 Å². The largest absolute Gasteiger partial charge is 0.505 e. The predicted octanol–water partition coefficient (Wildman–Crippen LogP) is 4.79. The number of halogens is 2. The molecule has 162 valence electrons. The molecule has 0 fully saturated rings. The van der Waals surface area contributed by atoms with Gasteiger partial charge in [0.25, 0.3) is 0 Å². The Kier molecular flexibility index (Phi) is 6.53. The van der Waals surface area contributed by atoms with E-state index in [1.807, 2.05) is 24.3 Å². The van der Waals surface area contributed by atoms with E-state index >= 15 is 0 Å². The van der Waals surface area contributed by atoms with Crippen LogP contribution >= 0.6 is 23.2 Å². The summed E-state index contributed by atoms with van der Waals surface area (Å²) >= 11 is 11.8. The van der Waals surface area contributed by atoms with Gasteiger partial charge < -0.3 is 19.7 Å². The van der Waals surface area contributed by atoms with Crippen molar-refractivity contribution in [3.63, 3.8) is 0 Å². The van der Waals surface area contributed by atoms with E-state index in [0.29, 0.717) is 17.2 Å². The second kappa shape index (κ2) is 9.67. The fourth-order valence-electron chi connectivity index (χ4n) is 2.78. The topological polar surface area (TPSA) is 110 Å². The Balaban J connectivity index is 1.32. The van der Waals surface area contributed by atoms with Crippen LogP contribution in [-0.4, -0.2) is 26.1 Å². The van der Waals surface area contributed by atoms with E-state index < -0.39 is 5.91 Å². The molecule has 2 aromatic carbocycles. The van der Waals surface area contributed by atoms with Crippen LogP contribution in [0.2, 0.25) is 10.0 Å². The summed E-state index contributed by atoms with van der Waals surface area (Å²) in [7, 11) is 0. The smallest absolute Gasteiger partial charge is 0.315 e. The Morgan fingerprint density at radius 2 is 1.81 bits per heavy atom. The summed E-state index contributed by atoms with van der Waals surface area (Å²) in [5.41, 5.74) is 1.53. The average molecular weight is 471 g/mol. The number of pyridine rings is 1. The van der Waals surface area contributed by atoms with Gasteiger partial charge in [-0.1, -0.05) is 46.6 Å². The van der Waals surface area contributed by atoms with E-state index in [-0.39, 0.29) is 40.5 Å². The molecule has 0 spiro atoms. The molecule has 0 unspecified atom stereocenters. The van der Waals surface area contributed by atoms with Gasteiger partial charge in [0.1, 0.15) is 5.75 Å². The summed E-state index contributed by atoms with van der Waals surface area (Å²) in [4.78, 5) is 20.5. The van der Waals surface area contributed by atoms with Crippen LogP contribution in [0.4, 0.5) is 0 Å². The number of aromatic nitrogens is 3. The molecule has 4 aromatic rings. The highest BCUT2D eigenvalue weighted by Gasteiger charge is 2.16. The number of amides is 1. The normalized spacial score (nSPS) is 10.7. The SMILES string of the molecule is O=C(NCc1ccc(Oc2ccccn2)cc1)c1nc(Cc2cc(Cl)c(O)c(Cl)c2)no1. The third-order valence-corrected chi connectivity index (χ3v) is 4.91. The molecule has 10 heteroatoms.